The number of H-pyrrole nitrogens is 1. The van der Waals surface area contributed by atoms with Gasteiger partial charge in [-0.05, 0) is 31.5 Å². The molecule has 0 saturated carbocycles. The lowest BCUT2D eigenvalue weighted by atomic mass is 10.1. The second kappa shape index (κ2) is 7.53. The minimum atomic E-state index is 0. The van der Waals surface area contributed by atoms with E-state index in [0.717, 1.165) is 47.8 Å². The Balaban J connectivity index is 0.000001000. The Morgan fingerprint density at radius 3 is 2.70 bits per heavy atom. The third kappa shape index (κ3) is 3.41. The van der Waals surface area contributed by atoms with Crippen LogP contribution in [0, 0.1) is 5.92 Å². The number of halogens is 3. The molecule has 3 nitrogen and oxygen atoms in total. The summed E-state index contributed by atoms with van der Waals surface area (Å²) in [5.41, 5.74) is 7.96. The average molecular weight is 337 g/mol. The molecule has 0 radical (unpaired) electrons. The number of fused-ring (bicyclic) bond motifs is 1. The summed E-state index contributed by atoms with van der Waals surface area (Å²) >= 11 is 6.42. The Labute approximate surface area is 136 Å². The Kier molecular flexibility index (Phi) is 6.62. The number of para-hydroxylation sites is 1. The normalized spacial score (nSPS) is 18.8. The van der Waals surface area contributed by atoms with Crippen LogP contribution in [-0.2, 0) is 6.54 Å². The van der Waals surface area contributed by atoms with E-state index in [1.54, 1.807) is 0 Å². The summed E-state index contributed by atoms with van der Waals surface area (Å²) in [7, 11) is 0. The maximum Gasteiger partial charge on any atom is 0.0705 e. The summed E-state index contributed by atoms with van der Waals surface area (Å²) in [5.74, 6) is 0.646. The highest BCUT2D eigenvalue weighted by atomic mass is 35.5. The third-order valence-corrected chi connectivity index (χ3v) is 4.23. The molecule has 20 heavy (non-hydrogen) atoms. The van der Waals surface area contributed by atoms with Crippen LogP contribution in [0.4, 0.5) is 0 Å². The minimum absolute atomic E-state index is 0. The quantitative estimate of drug-likeness (QED) is 0.902. The number of nitrogens with zero attached hydrogens (tertiary/aromatic N) is 1. The van der Waals surface area contributed by atoms with Crippen molar-refractivity contribution >= 4 is 47.3 Å². The van der Waals surface area contributed by atoms with Crippen LogP contribution < -0.4 is 5.73 Å². The molecule has 1 aliphatic heterocycles. The van der Waals surface area contributed by atoms with Crippen molar-refractivity contribution in [1.82, 2.24) is 9.88 Å². The first-order valence-corrected chi connectivity index (χ1v) is 6.83. The van der Waals surface area contributed by atoms with Gasteiger partial charge in [0.25, 0.3) is 0 Å². The molecule has 0 aliphatic carbocycles. The van der Waals surface area contributed by atoms with Crippen molar-refractivity contribution in [2.75, 3.05) is 19.6 Å². The van der Waals surface area contributed by atoms with Gasteiger partial charge in [-0.3, -0.25) is 4.90 Å². The zero-order chi connectivity index (χ0) is 12.5. The van der Waals surface area contributed by atoms with Gasteiger partial charge in [0.05, 0.1) is 5.02 Å². The molecule has 112 valence electrons. The molecule has 0 bridgehead atoms. The molecular weight excluding hydrogens is 317 g/mol. The van der Waals surface area contributed by atoms with Crippen LogP contribution in [0.1, 0.15) is 12.1 Å². The van der Waals surface area contributed by atoms with Crippen LogP contribution in [0.15, 0.2) is 24.3 Å². The standard InChI is InChI=1S/C14H18ClN3.2ClH/c15-14-11-3-1-2-4-12(11)17-13(14)9-18-6-5-10(7-16)8-18;;/h1-4,10,17H,5-9,16H2;2*1H. The first-order valence-electron chi connectivity index (χ1n) is 6.45. The molecule has 1 atom stereocenters. The fourth-order valence-electron chi connectivity index (χ4n) is 2.74. The van der Waals surface area contributed by atoms with Gasteiger partial charge >= 0.3 is 0 Å². The second-order valence-corrected chi connectivity index (χ2v) is 5.47. The van der Waals surface area contributed by atoms with Crippen molar-refractivity contribution in [3.8, 4) is 0 Å². The zero-order valence-electron chi connectivity index (χ0n) is 11.1. The Morgan fingerprint density at radius 1 is 1.30 bits per heavy atom. The van der Waals surface area contributed by atoms with Gasteiger partial charge in [0.2, 0.25) is 0 Å². The lowest BCUT2D eigenvalue weighted by molar-refractivity contribution is 0.315. The summed E-state index contributed by atoms with van der Waals surface area (Å²) in [6, 6.07) is 8.17. The minimum Gasteiger partial charge on any atom is -0.356 e. The van der Waals surface area contributed by atoms with Gasteiger partial charge in [0, 0.05) is 29.7 Å². The van der Waals surface area contributed by atoms with Gasteiger partial charge in [-0.15, -0.1) is 24.8 Å². The van der Waals surface area contributed by atoms with E-state index < -0.39 is 0 Å². The molecular formula is C14H20Cl3N3. The maximum atomic E-state index is 6.42. The van der Waals surface area contributed by atoms with E-state index in [1.165, 1.54) is 6.42 Å². The highest BCUT2D eigenvalue weighted by molar-refractivity contribution is 6.36. The topological polar surface area (TPSA) is 45.0 Å². The predicted octanol–water partition coefficient (Wildman–Crippen LogP) is 3.45. The smallest absolute Gasteiger partial charge is 0.0705 e. The van der Waals surface area contributed by atoms with Gasteiger partial charge < -0.3 is 10.7 Å². The summed E-state index contributed by atoms with van der Waals surface area (Å²) in [6.45, 7) is 3.89. The molecule has 1 aromatic carbocycles. The lowest BCUT2D eigenvalue weighted by Gasteiger charge is -2.14. The van der Waals surface area contributed by atoms with Gasteiger partial charge in [0.1, 0.15) is 0 Å². The number of hydrogen-bond donors (Lipinski definition) is 2. The van der Waals surface area contributed by atoms with E-state index in [4.69, 9.17) is 17.3 Å². The van der Waals surface area contributed by atoms with Crippen molar-refractivity contribution < 1.29 is 0 Å². The van der Waals surface area contributed by atoms with E-state index in [9.17, 15) is 0 Å². The molecule has 1 unspecified atom stereocenters. The summed E-state index contributed by atoms with van der Waals surface area (Å²) in [4.78, 5) is 5.84. The van der Waals surface area contributed by atoms with E-state index >= 15 is 0 Å². The molecule has 0 spiro atoms. The summed E-state index contributed by atoms with van der Waals surface area (Å²) < 4.78 is 0. The average Bonchev–Trinajstić information content (AvgIpc) is 2.97. The number of hydrogen-bond acceptors (Lipinski definition) is 2. The van der Waals surface area contributed by atoms with Crippen molar-refractivity contribution in [2.45, 2.75) is 13.0 Å². The summed E-state index contributed by atoms with van der Waals surface area (Å²) in [6.07, 6.45) is 1.20. The number of nitrogens with two attached hydrogens (primary N) is 1. The number of nitrogens with one attached hydrogen (secondary N) is 1. The second-order valence-electron chi connectivity index (χ2n) is 5.09. The molecule has 1 aromatic heterocycles. The monoisotopic (exact) mass is 335 g/mol. The number of likely N-dealkylation sites (tertiary alicyclic amines) is 1. The molecule has 6 heteroatoms. The van der Waals surface area contributed by atoms with E-state index in [-0.39, 0.29) is 24.8 Å². The van der Waals surface area contributed by atoms with E-state index in [2.05, 4.69) is 22.0 Å². The summed E-state index contributed by atoms with van der Waals surface area (Å²) in [5, 5.41) is 1.98. The number of benzene rings is 1. The van der Waals surface area contributed by atoms with E-state index in [1.807, 2.05) is 12.1 Å². The molecule has 1 saturated heterocycles. The largest absolute Gasteiger partial charge is 0.356 e. The highest BCUT2D eigenvalue weighted by Crippen LogP contribution is 2.29. The predicted molar refractivity (Wildman–Crippen MR) is 90.2 cm³/mol. The molecule has 0 amide bonds. The molecule has 2 heterocycles. The molecule has 3 rings (SSSR count). The number of rotatable bonds is 3. The zero-order valence-corrected chi connectivity index (χ0v) is 13.5. The first kappa shape index (κ1) is 17.6. The Hall–Kier alpha value is -0.450. The fraction of sp³-hybridized carbons (Fsp3) is 0.429. The number of aromatic nitrogens is 1. The highest BCUT2D eigenvalue weighted by Gasteiger charge is 2.22. The van der Waals surface area contributed by atoms with Gasteiger partial charge in [-0.1, -0.05) is 29.8 Å². The van der Waals surface area contributed by atoms with Crippen LogP contribution in [-0.4, -0.2) is 29.5 Å². The molecule has 2 aromatic rings. The van der Waals surface area contributed by atoms with Crippen LogP contribution in [0.25, 0.3) is 10.9 Å². The van der Waals surface area contributed by atoms with Gasteiger partial charge in [0.15, 0.2) is 0 Å². The van der Waals surface area contributed by atoms with Gasteiger partial charge in [-0.25, -0.2) is 0 Å². The lowest BCUT2D eigenvalue weighted by Crippen LogP contribution is -2.23. The first-order chi connectivity index (χ1) is 8.78. The van der Waals surface area contributed by atoms with Crippen LogP contribution >= 0.6 is 36.4 Å². The molecule has 3 N–H and O–H groups in total. The van der Waals surface area contributed by atoms with Crippen LogP contribution in [0.5, 0.6) is 0 Å². The maximum absolute atomic E-state index is 6.42. The van der Waals surface area contributed by atoms with Crippen molar-refractivity contribution in [3.63, 3.8) is 0 Å². The van der Waals surface area contributed by atoms with E-state index in [0.29, 0.717) is 5.92 Å². The SMILES string of the molecule is Cl.Cl.NCC1CCN(Cc2[nH]c3ccccc3c2Cl)C1. The van der Waals surface area contributed by atoms with Crippen LogP contribution in [0.2, 0.25) is 5.02 Å². The third-order valence-electron chi connectivity index (χ3n) is 3.80. The van der Waals surface area contributed by atoms with Crippen molar-refractivity contribution in [3.05, 3.63) is 35.0 Å². The van der Waals surface area contributed by atoms with Crippen molar-refractivity contribution in [1.29, 1.82) is 0 Å². The van der Waals surface area contributed by atoms with Gasteiger partial charge in [-0.2, -0.15) is 0 Å². The Morgan fingerprint density at radius 2 is 2.05 bits per heavy atom. The molecule has 1 aliphatic rings. The molecule has 1 fully saturated rings. The Bertz CT molecular complexity index is 556. The number of aromatic amines is 1. The van der Waals surface area contributed by atoms with Crippen molar-refractivity contribution in [2.24, 2.45) is 11.7 Å². The fourth-order valence-corrected chi connectivity index (χ4v) is 3.02. The van der Waals surface area contributed by atoms with Crippen LogP contribution in [0.3, 0.4) is 0 Å².